The third-order valence-electron chi connectivity index (χ3n) is 4.38. The number of pyridine rings is 1. The summed E-state index contributed by atoms with van der Waals surface area (Å²) in [7, 11) is 0. The molecular formula is C20H14ClF3N4O. The summed E-state index contributed by atoms with van der Waals surface area (Å²) >= 11 is 6.08. The highest BCUT2D eigenvalue weighted by Crippen LogP contribution is 2.34. The smallest absolute Gasteiger partial charge is 0.366 e. The number of aromatic nitrogens is 2. The molecule has 0 atom stereocenters. The largest absolute Gasteiger partial charge is 0.471 e. The highest BCUT2D eigenvalue weighted by Gasteiger charge is 2.39. The van der Waals surface area contributed by atoms with Gasteiger partial charge in [0, 0.05) is 22.3 Å². The molecular weight excluding hydrogens is 405 g/mol. The first kappa shape index (κ1) is 19.1. The first-order chi connectivity index (χ1) is 13.8. The lowest BCUT2D eigenvalue weighted by atomic mass is 10.1. The maximum Gasteiger partial charge on any atom is 0.471 e. The molecule has 29 heavy (non-hydrogen) atoms. The molecule has 0 saturated carbocycles. The second-order valence-corrected chi connectivity index (χ2v) is 6.84. The molecule has 1 amide bonds. The van der Waals surface area contributed by atoms with Crippen molar-refractivity contribution >= 4 is 50.8 Å². The molecule has 0 aliphatic rings. The number of halogens is 4. The Bertz CT molecular complexity index is 1210. The lowest BCUT2D eigenvalue weighted by Crippen LogP contribution is -2.30. The first-order valence-electron chi connectivity index (χ1n) is 8.58. The van der Waals surface area contributed by atoms with E-state index in [1.54, 1.807) is 18.3 Å². The van der Waals surface area contributed by atoms with Gasteiger partial charge in [-0.05, 0) is 23.8 Å². The van der Waals surface area contributed by atoms with Crippen LogP contribution < -0.4 is 10.6 Å². The van der Waals surface area contributed by atoms with Crippen LogP contribution in [0.5, 0.6) is 0 Å². The minimum Gasteiger partial charge on any atom is -0.366 e. The molecule has 2 aromatic carbocycles. The second kappa shape index (κ2) is 7.29. The molecule has 4 aromatic rings. The summed E-state index contributed by atoms with van der Waals surface area (Å²) in [5.74, 6) is -1.47. The highest BCUT2D eigenvalue weighted by atomic mass is 35.5. The quantitative estimate of drug-likeness (QED) is 0.411. The van der Waals surface area contributed by atoms with Gasteiger partial charge in [0.2, 0.25) is 0 Å². The predicted octanol–water partition coefficient (Wildman–Crippen LogP) is 5.48. The van der Waals surface area contributed by atoms with E-state index in [-0.39, 0.29) is 10.7 Å². The molecule has 0 aliphatic carbocycles. The van der Waals surface area contributed by atoms with E-state index in [1.165, 1.54) is 6.07 Å². The SMILES string of the molecule is O=C(Nc1cc(Cl)cc2c1[nH]c1cnc(NCc3ccccc3)cc12)C(F)(F)F. The third-order valence-corrected chi connectivity index (χ3v) is 4.60. The van der Waals surface area contributed by atoms with Gasteiger partial charge in [0.1, 0.15) is 5.82 Å². The molecule has 0 spiro atoms. The van der Waals surface area contributed by atoms with Crippen molar-refractivity contribution in [2.75, 3.05) is 10.6 Å². The Balaban J connectivity index is 1.71. The van der Waals surface area contributed by atoms with E-state index in [9.17, 15) is 18.0 Å². The number of carbonyl (C=O) groups is 1. The Morgan fingerprint density at radius 2 is 1.86 bits per heavy atom. The van der Waals surface area contributed by atoms with Crippen molar-refractivity contribution in [3.63, 3.8) is 0 Å². The van der Waals surface area contributed by atoms with Crippen LogP contribution in [0.1, 0.15) is 5.56 Å². The Morgan fingerprint density at radius 1 is 1.10 bits per heavy atom. The topological polar surface area (TPSA) is 69.8 Å². The number of rotatable bonds is 4. The van der Waals surface area contributed by atoms with Gasteiger partial charge in [-0.2, -0.15) is 13.2 Å². The summed E-state index contributed by atoms with van der Waals surface area (Å²) in [6.45, 7) is 0.565. The van der Waals surface area contributed by atoms with Crippen LogP contribution in [0.2, 0.25) is 5.02 Å². The number of H-pyrrole nitrogens is 1. The first-order valence-corrected chi connectivity index (χ1v) is 8.96. The molecule has 2 aromatic heterocycles. The number of anilines is 2. The maximum absolute atomic E-state index is 12.6. The number of aromatic amines is 1. The zero-order valence-electron chi connectivity index (χ0n) is 14.8. The van der Waals surface area contributed by atoms with Gasteiger partial charge in [0.25, 0.3) is 0 Å². The average Bonchev–Trinajstić information content (AvgIpc) is 3.04. The Labute approximate surface area is 167 Å². The van der Waals surface area contributed by atoms with Crippen LogP contribution in [-0.4, -0.2) is 22.1 Å². The van der Waals surface area contributed by atoms with Crippen molar-refractivity contribution in [2.45, 2.75) is 12.7 Å². The number of amides is 1. The number of nitrogens with zero attached hydrogens (tertiary/aromatic N) is 1. The summed E-state index contributed by atoms with van der Waals surface area (Å²) in [6.07, 6.45) is -3.43. The Kier molecular flexibility index (Phi) is 4.79. The summed E-state index contributed by atoms with van der Waals surface area (Å²) in [4.78, 5) is 18.7. The Morgan fingerprint density at radius 3 is 2.59 bits per heavy atom. The van der Waals surface area contributed by atoms with Gasteiger partial charge in [0.15, 0.2) is 0 Å². The number of alkyl halides is 3. The van der Waals surface area contributed by atoms with Gasteiger partial charge in [-0.3, -0.25) is 4.79 Å². The van der Waals surface area contributed by atoms with E-state index in [1.807, 2.05) is 35.6 Å². The summed E-state index contributed by atoms with van der Waals surface area (Å²) < 4.78 is 37.9. The van der Waals surface area contributed by atoms with Gasteiger partial charge < -0.3 is 15.6 Å². The van der Waals surface area contributed by atoms with Crippen molar-refractivity contribution in [1.82, 2.24) is 9.97 Å². The van der Waals surface area contributed by atoms with E-state index < -0.39 is 12.1 Å². The van der Waals surface area contributed by atoms with Gasteiger partial charge >= 0.3 is 12.1 Å². The summed E-state index contributed by atoms with van der Waals surface area (Å²) in [6, 6.07) is 14.4. The van der Waals surface area contributed by atoms with E-state index in [4.69, 9.17) is 11.6 Å². The van der Waals surface area contributed by atoms with E-state index in [0.717, 1.165) is 10.9 Å². The number of hydrogen-bond acceptors (Lipinski definition) is 3. The zero-order valence-corrected chi connectivity index (χ0v) is 15.5. The molecule has 0 bridgehead atoms. The minimum atomic E-state index is -5.00. The number of benzene rings is 2. The van der Waals surface area contributed by atoms with Crippen LogP contribution in [0.3, 0.4) is 0 Å². The van der Waals surface area contributed by atoms with Crippen LogP contribution in [0.4, 0.5) is 24.7 Å². The number of carbonyl (C=O) groups excluding carboxylic acids is 1. The van der Waals surface area contributed by atoms with Crippen LogP contribution in [0.25, 0.3) is 21.8 Å². The zero-order chi connectivity index (χ0) is 20.6. The molecule has 2 heterocycles. The van der Waals surface area contributed by atoms with Crippen molar-refractivity contribution in [3.8, 4) is 0 Å². The molecule has 0 saturated heterocycles. The standard InChI is InChI=1S/C20H14ClF3N4O/c21-12-6-14-13-8-17(25-9-11-4-2-1-3-5-11)26-10-16(13)27-18(14)15(7-12)28-19(29)20(22,23)24/h1-8,10,27H,9H2,(H,25,26)(H,28,29). The fourth-order valence-electron chi connectivity index (χ4n) is 3.04. The van der Waals surface area contributed by atoms with Crippen LogP contribution in [0, 0.1) is 0 Å². The van der Waals surface area contributed by atoms with Gasteiger partial charge in [-0.1, -0.05) is 41.9 Å². The predicted molar refractivity (Wildman–Crippen MR) is 107 cm³/mol. The fraction of sp³-hybridized carbons (Fsp3) is 0.100. The molecule has 0 unspecified atom stereocenters. The molecule has 148 valence electrons. The van der Waals surface area contributed by atoms with E-state index in [0.29, 0.717) is 28.8 Å². The van der Waals surface area contributed by atoms with Gasteiger partial charge in [-0.15, -0.1) is 0 Å². The molecule has 0 aliphatic heterocycles. The van der Waals surface area contributed by atoms with Crippen molar-refractivity contribution in [1.29, 1.82) is 0 Å². The summed E-state index contributed by atoms with van der Waals surface area (Å²) in [5.41, 5.74) is 1.97. The average molecular weight is 419 g/mol. The van der Waals surface area contributed by atoms with E-state index in [2.05, 4.69) is 15.3 Å². The fourth-order valence-corrected chi connectivity index (χ4v) is 3.26. The molecule has 5 nitrogen and oxygen atoms in total. The second-order valence-electron chi connectivity index (χ2n) is 6.41. The molecule has 9 heteroatoms. The molecule has 4 rings (SSSR count). The van der Waals surface area contributed by atoms with Crippen molar-refractivity contribution in [2.24, 2.45) is 0 Å². The van der Waals surface area contributed by atoms with E-state index >= 15 is 0 Å². The number of nitrogens with one attached hydrogen (secondary N) is 3. The molecule has 0 radical (unpaired) electrons. The van der Waals surface area contributed by atoms with Crippen LogP contribution in [-0.2, 0) is 11.3 Å². The highest BCUT2D eigenvalue weighted by molar-refractivity contribution is 6.33. The number of fused-ring (bicyclic) bond motifs is 3. The minimum absolute atomic E-state index is 0.0511. The monoisotopic (exact) mass is 418 g/mol. The van der Waals surface area contributed by atoms with Crippen LogP contribution >= 0.6 is 11.6 Å². The lowest BCUT2D eigenvalue weighted by Gasteiger charge is -2.09. The van der Waals surface area contributed by atoms with Gasteiger partial charge in [-0.25, -0.2) is 4.98 Å². The lowest BCUT2D eigenvalue weighted by molar-refractivity contribution is -0.167. The number of hydrogen-bond donors (Lipinski definition) is 3. The van der Waals surface area contributed by atoms with Crippen molar-refractivity contribution in [3.05, 3.63) is 65.3 Å². The Hall–Kier alpha value is -3.26. The maximum atomic E-state index is 12.6. The third kappa shape index (κ3) is 3.97. The van der Waals surface area contributed by atoms with Crippen molar-refractivity contribution < 1.29 is 18.0 Å². The van der Waals surface area contributed by atoms with Gasteiger partial charge in [0.05, 0.1) is 22.9 Å². The normalized spacial score (nSPS) is 11.7. The summed E-state index contributed by atoms with van der Waals surface area (Å²) in [5, 5.41) is 6.58. The van der Waals surface area contributed by atoms with Crippen LogP contribution in [0.15, 0.2) is 54.7 Å². The molecule has 3 N–H and O–H groups in total. The molecule has 0 fully saturated rings.